The molecule has 0 saturated carbocycles. The van der Waals surface area contributed by atoms with Crippen molar-refractivity contribution in [1.29, 1.82) is 0 Å². The summed E-state index contributed by atoms with van der Waals surface area (Å²) in [5.74, 6) is -1.07. The van der Waals surface area contributed by atoms with Crippen molar-refractivity contribution in [2.75, 3.05) is 13.7 Å². The number of aromatic carboxylic acids is 1. The lowest BCUT2D eigenvalue weighted by Crippen LogP contribution is -2.11. The Morgan fingerprint density at radius 1 is 1.63 bits per heavy atom. The Morgan fingerprint density at radius 3 is 3.00 bits per heavy atom. The molecule has 6 nitrogen and oxygen atoms in total. The number of ether oxygens (including phenoxy) is 1. The summed E-state index contributed by atoms with van der Waals surface area (Å²) >= 11 is 5.03. The lowest BCUT2D eigenvalue weighted by atomic mass is 10.2. The molecule has 8 heteroatoms. The van der Waals surface area contributed by atoms with Crippen LogP contribution in [0.4, 0.5) is 0 Å². The predicted octanol–water partition coefficient (Wildman–Crippen LogP) is 2.04. The van der Waals surface area contributed by atoms with E-state index in [1.54, 1.807) is 23.1 Å². The van der Waals surface area contributed by atoms with Crippen molar-refractivity contribution in [3.8, 4) is 0 Å². The molecule has 0 aromatic carbocycles. The van der Waals surface area contributed by atoms with E-state index in [2.05, 4.69) is 26.2 Å². The van der Waals surface area contributed by atoms with Gasteiger partial charge >= 0.3 is 5.97 Å². The molecule has 0 saturated heterocycles. The fraction of sp³-hybridized carbons (Fsp3) is 0.364. The van der Waals surface area contributed by atoms with Gasteiger partial charge in [0.2, 0.25) is 0 Å². The lowest BCUT2D eigenvalue weighted by molar-refractivity contribution is 0.0688. The van der Waals surface area contributed by atoms with Crippen LogP contribution in [0.2, 0.25) is 0 Å². The van der Waals surface area contributed by atoms with Gasteiger partial charge in [0, 0.05) is 22.9 Å². The Kier molecular flexibility index (Phi) is 4.67. The van der Waals surface area contributed by atoms with Gasteiger partial charge in [0.1, 0.15) is 0 Å². The zero-order chi connectivity index (χ0) is 13.8. The molecule has 0 spiro atoms. The highest BCUT2D eigenvalue weighted by atomic mass is 79.9. The van der Waals surface area contributed by atoms with Gasteiger partial charge in [-0.2, -0.15) is 0 Å². The monoisotopic (exact) mass is 345 g/mol. The molecule has 0 aliphatic carbocycles. The van der Waals surface area contributed by atoms with E-state index in [4.69, 9.17) is 9.84 Å². The van der Waals surface area contributed by atoms with Crippen LogP contribution in [0.1, 0.15) is 21.1 Å². The second-order valence-corrected chi connectivity index (χ2v) is 5.64. The third-order valence-electron chi connectivity index (χ3n) is 2.57. The molecule has 0 radical (unpaired) electrons. The molecule has 2 aromatic rings. The fourth-order valence-electron chi connectivity index (χ4n) is 1.65. The molecule has 102 valence electrons. The number of carbonyl (C=O) groups is 1. The number of thiophene rings is 1. The number of carboxylic acids is 1. The van der Waals surface area contributed by atoms with E-state index in [1.165, 1.54) is 0 Å². The number of methoxy groups -OCH3 is 1. The number of carboxylic acid groups (broad SMARTS) is 1. The quantitative estimate of drug-likeness (QED) is 0.866. The molecule has 19 heavy (non-hydrogen) atoms. The van der Waals surface area contributed by atoms with Gasteiger partial charge in [-0.05, 0) is 27.4 Å². The number of aromatic nitrogens is 3. The van der Waals surface area contributed by atoms with Crippen LogP contribution < -0.4 is 0 Å². The molecule has 2 rings (SSSR count). The highest BCUT2D eigenvalue weighted by molar-refractivity contribution is 9.10. The molecule has 0 aliphatic rings. The van der Waals surface area contributed by atoms with Crippen LogP contribution >= 0.6 is 27.3 Å². The standard InChI is InChI=1S/C11H12BrN3O3S/c1-18-4-2-8-10(11(16)17)13-14-15(8)6-9-7(12)3-5-19-9/h3,5H,2,4,6H2,1H3,(H,16,17). The largest absolute Gasteiger partial charge is 0.476 e. The maximum Gasteiger partial charge on any atom is 0.358 e. The maximum absolute atomic E-state index is 11.1. The zero-order valence-electron chi connectivity index (χ0n) is 10.2. The molecule has 2 heterocycles. The third kappa shape index (κ3) is 3.20. The van der Waals surface area contributed by atoms with Crippen molar-refractivity contribution in [1.82, 2.24) is 15.0 Å². The average Bonchev–Trinajstić information content (AvgIpc) is 2.95. The van der Waals surface area contributed by atoms with Gasteiger partial charge in [0.25, 0.3) is 0 Å². The molecule has 2 aromatic heterocycles. The normalized spacial score (nSPS) is 10.8. The van der Waals surface area contributed by atoms with Gasteiger partial charge in [-0.15, -0.1) is 16.4 Å². The number of rotatable bonds is 6. The van der Waals surface area contributed by atoms with Crippen LogP contribution in [0, 0.1) is 0 Å². The van der Waals surface area contributed by atoms with E-state index >= 15 is 0 Å². The van der Waals surface area contributed by atoms with Crippen LogP contribution in [0.25, 0.3) is 0 Å². The third-order valence-corrected chi connectivity index (χ3v) is 4.48. The number of nitrogens with zero attached hydrogens (tertiary/aromatic N) is 3. The van der Waals surface area contributed by atoms with Crippen molar-refractivity contribution in [2.45, 2.75) is 13.0 Å². The van der Waals surface area contributed by atoms with E-state index in [-0.39, 0.29) is 5.69 Å². The second kappa shape index (κ2) is 6.27. The highest BCUT2D eigenvalue weighted by Crippen LogP contribution is 2.24. The Balaban J connectivity index is 2.29. The number of hydrogen-bond acceptors (Lipinski definition) is 5. The smallest absolute Gasteiger partial charge is 0.358 e. The SMILES string of the molecule is COCCc1c(C(=O)O)nnn1Cc1sccc1Br. The molecule has 0 atom stereocenters. The second-order valence-electron chi connectivity index (χ2n) is 3.78. The minimum Gasteiger partial charge on any atom is -0.476 e. The Hall–Kier alpha value is -1.25. The van der Waals surface area contributed by atoms with Crippen molar-refractivity contribution < 1.29 is 14.6 Å². The van der Waals surface area contributed by atoms with Gasteiger partial charge in [0.05, 0.1) is 18.8 Å². The van der Waals surface area contributed by atoms with Crippen LogP contribution in [-0.4, -0.2) is 39.8 Å². The number of hydrogen-bond donors (Lipinski definition) is 1. The average molecular weight is 346 g/mol. The summed E-state index contributed by atoms with van der Waals surface area (Å²) in [5, 5.41) is 18.7. The molecule has 0 fully saturated rings. The lowest BCUT2D eigenvalue weighted by Gasteiger charge is -2.06. The molecule has 0 bridgehead atoms. The minimum atomic E-state index is -1.07. The van der Waals surface area contributed by atoms with Gasteiger partial charge in [0.15, 0.2) is 5.69 Å². The summed E-state index contributed by atoms with van der Waals surface area (Å²) in [6, 6.07) is 1.95. The molecule has 0 unspecified atom stereocenters. The minimum absolute atomic E-state index is 0.00951. The van der Waals surface area contributed by atoms with E-state index in [0.717, 1.165) is 9.35 Å². The summed E-state index contributed by atoms with van der Waals surface area (Å²) in [7, 11) is 1.57. The molecule has 1 N–H and O–H groups in total. The van der Waals surface area contributed by atoms with Crippen molar-refractivity contribution >= 4 is 33.2 Å². The Morgan fingerprint density at radius 2 is 2.42 bits per heavy atom. The van der Waals surface area contributed by atoms with E-state index < -0.39 is 5.97 Å². The van der Waals surface area contributed by atoms with Gasteiger partial charge in [-0.1, -0.05) is 5.21 Å². The van der Waals surface area contributed by atoms with Crippen molar-refractivity contribution in [3.63, 3.8) is 0 Å². The first-order valence-corrected chi connectivity index (χ1v) is 7.17. The fourth-order valence-corrected chi connectivity index (χ4v) is 3.10. The first kappa shape index (κ1) is 14.2. The van der Waals surface area contributed by atoms with Crippen molar-refractivity contribution in [3.05, 3.63) is 32.2 Å². The molecular weight excluding hydrogens is 334 g/mol. The van der Waals surface area contributed by atoms with Crippen LogP contribution in [0.15, 0.2) is 15.9 Å². The molecular formula is C11H12BrN3O3S. The van der Waals surface area contributed by atoms with Gasteiger partial charge in [-0.25, -0.2) is 9.48 Å². The summed E-state index contributed by atoms with van der Waals surface area (Å²) in [6.45, 7) is 0.927. The molecule has 0 aliphatic heterocycles. The highest BCUT2D eigenvalue weighted by Gasteiger charge is 2.19. The van der Waals surface area contributed by atoms with Crippen LogP contribution in [0.5, 0.6) is 0 Å². The van der Waals surface area contributed by atoms with E-state index in [0.29, 0.717) is 25.3 Å². The summed E-state index contributed by atoms with van der Waals surface area (Å²) in [5.41, 5.74) is 0.569. The molecule has 0 amide bonds. The van der Waals surface area contributed by atoms with Crippen molar-refractivity contribution in [2.24, 2.45) is 0 Å². The number of halogens is 1. The zero-order valence-corrected chi connectivity index (χ0v) is 12.6. The van der Waals surface area contributed by atoms with Gasteiger partial charge in [-0.3, -0.25) is 0 Å². The topological polar surface area (TPSA) is 77.2 Å². The van der Waals surface area contributed by atoms with Gasteiger partial charge < -0.3 is 9.84 Å². The Labute approximate surface area is 122 Å². The first-order chi connectivity index (χ1) is 9.13. The summed E-state index contributed by atoms with van der Waals surface area (Å²) < 4.78 is 7.59. The van der Waals surface area contributed by atoms with E-state index in [1.807, 2.05) is 11.4 Å². The van der Waals surface area contributed by atoms with Crippen LogP contribution in [0.3, 0.4) is 0 Å². The first-order valence-electron chi connectivity index (χ1n) is 5.50. The van der Waals surface area contributed by atoms with E-state index in [9.17, 15) is 4.79 Å². The summed E-state index contributed by atoms with van der Waals surface area (Å²) in [4.78, 5) is 12.2. The summed E-state index contributed by atoms with van der Waals surface area (Å²) in [6.07, 6.45) is 0.466. The predicted molar refractivity (Wildman–Crippen MR) is 73.7 cm³/mol. The van der Waals surface area contributed by atoms with Crippen LogP contribution in [-0.2, 0) is 17.7 Å². The maximum atomic E-state index is 11.1. The Bertz CT molecular complexity index is 582.